The summed E-state index contributed by atoms with van der Waals surface area (Å²) in [5.74, 6) is 1.34. The molecular formula is C35H47N7O6S. The Morgan fingerprint density at radius 2 is 1.65 bits per heavy atom. The minimum absolute atomic E-state index is 0.0208. The maximum absolute atomic E-state index is 13.2. The number of alkyl carbamates (subject to hydrolysis) is 1. The van der Waals surface area contributed by atoms with Gasteiger partial charge in [0, 0.05) is 25.1 Å². The van der Waals surface area contributed by atoms with Crippen LogP contribution in [0.15, 0.2) is 41.6 Å². The molecule has 3 aromatic rings. The number of hydrogen-bond acceptors (Lipinski definition) is 11. The Morgan fingerprint density at radius 1 is 1.02 bits per heavy atom. The van der Waals surface area contributed by atoms with E-state index in [-0.39, 0.29) is 34.7 Å². The Hall–Kier alpha value is -4.46. The molecule has 14 heteroatoms. The van der Waals surface area contributed by atoms with Crippen LogP contribution in [-0.2, 0) is 25.8 Å². The van der Waals surface area contributed by atoms with Crippen molar-refractivity contribution in [2.45, 2.75) is 108 Å². The minimum atomic E-state index is -3.54. The molecule has 0 saturated carbocycles. The lowest BCUT2D eigenvalue weighted by molar-refractivity contribution is -0.134. The molecule has 2 amide bonds. The number of hydrogen-bond donors (Lipinski definition) is 3. The van der Waals surface area contributed by atoms with E-state index in [1.54, 1.807) is 65.8 Å². The fourth-order valence-electron chi connectivity index (χ4n) is 6.35. The van der Waals surface area contributed by atoms with Crippen LogP contribution in [0, 0.1) is 6.92 Å². The first-order valence-electron chi connectivity index (χ1n) is 16.7. The van der Waals surface area contributed by atoms with Crippen LogP contribution in [0.5, 0.6) is 5.75 Å². The number of aryl methyl sites for hydroxylation is 1. The average molecular weight is 694 g/mol. The normalized spacial score (nSPS) is 17.2. The molecule has 1 saturated heterocycles. The molecule has 0 spiro atoms. The highest BCUT2D eigenvalue weighted by Gasteiger charge is 2.34. The molecule has 264 valence electrons. The van der Waals surface area contributed by atoms with E-state index in [4.69, 9.17) is 9.47 Å². The zero-order valence-corrected chi connectivity index (χ0v) is 30.3. The number of carbonyl (C=O) groups is 2. The number of nitrogens with zero attached hydrogens (tertiary/aromatic N) is 4. The van der Waals surface area contributed by atoms with Gasteiger partial charge in [-0.1, -0.05) is 12.1 Å². The topological polar surface area (TPSA) is 165 Å². The van der Waals surface area contributed by atoms with Crippen molar-refractivity contribution in [3.8, 4) is 5.75 Å². The molecule has 3 N–H and O–H groups in total. The third-order valence-electron chi connectivity index (χ3n) is 8.64. The van der Waals surface area contributed by atoms with Gasteiger partial charge < -0.3 is 30.3 Å². The van der Waals surface area contributed by atoms with E-state index in [0.29, 0.717) is 18.8 Å². The van der Waals surface area contributed by atoms with Crippen molar-refractivity contribution in [1.29, 1.82) is 0 Å². The number of nitrogens with one attached hydrogen (secondary N) is 3. The molecule has 13 nitrogen and oxygen atoms in total. The van der Waals surface area contributed by atoms with Gasteiger partial charge in [-0.3, -0.25) is 4.79 Å². The molecule has 0 unspecified atom stereocenters. The van der Waals surface area contributed by atoms with Gasteiger partial charge in [0.25, 0.3) is 0 Å². The summed E-state index contributed by atoms with van der Waals surface area (Å²) in [4.78, 5) is 40.4. The molecule has 49 heavy (non-hydrogen) atoms. The van der Waals surface area contributed by atoms with E-state index >= 15 is 0 Å². The van der Waals surface area contributed by atoms with E-state index in [1.807, 2.05) is 17.9 Å². The van der Waals surface area contributed by atoms with Gasteiger partial charge in [-0.2, -0.15) is 4.98 Å². The van der Waals surface area contributed by atoms with Crippen LogP contribution in [0.4, 0.5) is 28.1 Å². The zero-order chi connectivity index (χ0) is 35.7. The van der Waals surface area contributed by atoms with Crippen LogP contribution in [0.3, 0.4) is 0 Å². The monoisotopic (exact) mass is 693 g/mol. The van der Waals surface area contributed by atoms with Crippen LogP contribution in [0.2, 0.25) is 0 Å². The van der Waals surface area contributed by atoms with Gasteiger partial charge in [0.05, 0.1) is 21.5 Å². The molecule has 2 aliphatic rings. The number of rotatable bonds is 9. The van der Waals surface area contributed by atoms with Crippen LogP contribution in [-0.4, -0.2) is 76.4 Å². The summed E-state index contributed by atoms with van der Waals surface area (Å²) in [6.45, 7) is 15.6. The first-order chi connectivity index (χ1) is 23.0. The second-order valence-electron chi connectivity index (χ2n) is 14.0. The van der Waals surface area contributed by atoms with Crippen LogP contribution in [0.25, 0.3) is 0 Å². The second kappa shape index (κ2) is 14.2. The van der Waals surface area contributed by atoms with Gasteiger partial charge in [-0.25, -0.2) is 23.2 Å². The highest BCUT2D eigenvalue weighted by Crippen LogP contribution is 2.45. The molecular weight excluding hydrogens is 646 g/mol. The van der Waals surface area contributed by atoms with Crippen LogP contribution in [0.1, 0.15) is 83.9 Å². The number of benzene rings is 2. The van der Waals surface area contributed by atoms with Gasteiger partial charge in [0.15, 0.2) is 9.84 Å². The Bertz CT molecular complexity index is 1820. The number of amides is 2. The Labute approximate surface area is 288 Å². The Balaban J connectivity index is 1.30. The van der Waals surface area contributed by atoms with Crippen molar-refractivity contribution < 1.29 is 27.5 Å². The Kier molecular flexibility index (Phi) is 10.4. The van der Waals surface area contributed by atoms with Crippen molar-refractivity contribution in [3.05, 3.63) is 53.3 Å². The largest absolute Gasteiger partial charge is 0.488 e. The van der Waals surface area contributed by atoms with Gasteiger partial charge in [0.1, 0.15) is 29.8 Å². The number of piperidine rings is 1. The van der Waals surface area contributed by atoms with E-state index in [1.165, 1.54) is 11.9 Å². The predicted molar refractivity (Wildman–Crippen MR) is 188 cm³/mol. The molecule has 0 radical (unpaired) electrons. The quantitative estimate of drug-likeness (QED) is 0.248. The van der Waals surface area contributed by atoms with Crippen molar-refractivity contribution in [2.75, 3.05) is 23.7 Å². The molecule has 1 aromatic heterocycles. The average Bonchev–Trinajstić information content (AvgIpc) is 3.41. The molecule has 5 rings (SSSR count). The molecule has 3 heterocycles. The van der Waals surface area contributed by atoms with E-state index in [9.17, 15) is 18.0 Å². The summed E-state index contributed by atoms with van der Waals surface area (Å²) >= 11 is 0. The number of ether oxygens (including phenoxy) is 2. The standard InChI is InChI=1S/C35H47N7O6S/c1-20(2)49(45,46)28-12-10-9-11-26(28)39-32-36-19-37-33(41-32)40-27-17-21(3)29(25-18-22(4)47-30(25)27)24-13-15-42(16-14-24)31(43)23(5)38-34(44)48-35(6,7)8/h9-12,17,19-20,22-24H,13-16,18H2,1-8H3,(H,38,44)(H2,36,37,39,40,41)/t22-,23+/m1/s1. The number of fused-ring (bicyclic) bond motifs is 1. The third-order valence-corrected chi connectivity index (χ3v) is 10.8. The van der Waals surface area contributed by atoms with Gasteiger partial charge in [0.2, 0.25) is 17.8 Å². The van der Waals surface area contributed by atoms with E-state index in [0.717, 1.165) is 41.8 Å². The molecule has 1 fully saturated rings. The molecule has 2 aromatic carbocycles. The summed E-state index contributed by atoms with van der Waals surface area (Å²) in [7, 11) is -3.54. The SMILES string of the molecule is Cc1cc(Nc2ncnc(Nc3ccccc3S(=O)(=O)C(C)C)n2)c2c(c1C1CCN(C(=O)[C@H](C)NC(=O)OC(C)(C)C)CC1)C[C@@H](C)O2. The van der Waals surface area contributed by atoms with Crippen molar-refractivity contribution in [3.63, 3.8) is 0 Å². The lowest BCUT2D eigenvalue weighted by atomic mass is 9.82. The first-order valence-corrected chi connectivity index (χ1v) is 18.3. The number of para-hydroxylation sites is 1. The number of anilines is 4. The van der Waals surface area contributed by atoms with Crippen molar-refractivity contribution >= 4 is 45.1 Å². The third kappa shape index (κ3) is 8.23. The minimum Gasteiger partial charge on any atom is -0.488 e. The van der Waals surface area contributed by atoms with Crippen molar-refractivity contribution in [2.24, 2.45) is 0 Å². The summed E-state index contributed by atoms with van der Waals surface area (Å²) in [5, 5.41) is 8.43. The van der Waals surface area contributed by atoms with Crippen LogP contribution < -0.4 is 20.7 Å². The van der Waals surface area contributed by atoms with Crippen molar-refractivity contribution in [1.82, 2.24) is 25.2 Å². The fourth-order valence-corrected chi connectivity index (χ4v) is 7.55. The number of sulfone groups is 1. The molecule has 0 bridgehead atoms. The molecule has 0 aliphatic carbocycles. The number of carbonyl (C=O) groups excluding carboxylic acids is 2. The lowest BCUT2D eigenvalue weighted by Gasteiger charge is -2.35. The Morgan fingerprint density at radius 3 is 2.29 bits per heavy atom. The van der Waals surface area contributed by atoms with Gasteiger partial charge in [-0.05, 0) is 103 Å². The maximum atomic E-state index is 13.2. The summed E-state index contributed by atoms with van der Waals surface area (Å²) in [6, 6.07) is 8.03. The molecule has 2 atom stereocenters. The van der Waals surface area contributed by atoms with Crippen LogP contribution >= 0.6 is 0 Å². The number of likely N-dealkylation sites (tertiary alicyclic amines) is 1. The fraction of sp³-hybridized carbons (Fsp3) is 0.514. The lowest BCUT2D eigenvalue weighted by Crippen LogP contribution is -2.50. The summed E-state index contributed by atoms with van der Waals surface area (Å²) < 4.78 is 37.5. The summed E-state index contributed by atoms with van der Waals surface area (Å²) in [5.41, 5.74) is 3.96. The first kappa shape index (κ1) is 35.8. The van der Waals surface area contributed by atoms with E-state index < -0.39 is 32.8 Å². The second-order valence-corrected chi connectivity index (χ2v) is 16.5. The van der Waals surface area contributed by atoms with Gasteiger partial charge in [-0.15, -0.1) is 0 Å². The van der Waals surface area contributed by atoms with E-state index in [2.05, 4.69) is 37.8 Å². The molecule has 2 aliphatic heterocycles. The number of aromatic nitrogens is 3. The highest BCUT2D eigenvalue weighted by molar-refractivity contribution is 7.92. The maximum Gasteiger partial charge on any atom is 0.408 e. The van der Waals surface area contributed by atoms with Gasteiger partial charge >= 0.3 is 6.09 Å². The smallest absolute Gasteiger partial charge is 0.408 e. The highest BCUT2D eigenvalue weighted by atomic mass is 32.2. The summed E-state index contributed by atoms with van der Waals surface area (Å²) in [6.07, 6.45) is 3.06. The zero-order valence-electron chi connectivity index (χ0n) is 29.5. The predicted octanol–water partition coefficient (Wildman–Crippen LogP) is 5.79.